The zero-order valence-electron chi connectivity index (χ0n) is 17.3. The van der Waals surface area contributed by atoms with Crippen molar-refractivity contribution >= 4 is 17.8 Å². The molecule has 2 saturated carbocycles. The molecule has 2 aliphatic rings. The van der Waals surface area contributed by atoms with Crippen LogP contribution in [0.1, 0.15) is 52.4 Å². The quantitative estimate of drug-likeness (QED) is 0.334. The Labute approximate surface area is 167 Å². The van der Waals surface area contributed by atoms with E-state index in [1.54, 1.807) is 18.9 Å². The van der Waals surface area contributed by atoms with Crippen molar-refractivity contribution in [2.75, 3.05) is 20.2 Å². The molecule has 0 aromatic heterocycles. The molecule has 2 N–H and O–H groups in total. The van der Waals surface area contributed by atoms with Crippen LogP contribution in [0.2, 0.25) is 0 Å². The van der Waals surface area contributed by atoms with Gasteiger partial charge in [0.1, 0.15) is 5.54 Å². The van der Waals surface area contributed by atoms with Crippen molar-refractivity contribution < 1.29 is 24.2 Å². The lowest BCUT2D eigenvalue weighted by molar-refractivity contribution is -0.150. The maximum atomic E-state index is 12.9. The number of hydrogen-bond donors (Lipinski definition) is 2. The Bertz CT molecular complexity index is 608. The number of nitrogens with one attached hydrogen (secondary N) is 1. The lowest BCUT2D eigenvalue weighted by Crippen LogP contribution is -2.50. The monoisotopic (exact) mass is 394 g/mol. The number of allylic oxidation sites excluding steroid dienone is 1. The predicted octanol–water partition coefficient (Wildman–Crippen LogP) is 1.65. The van der Waals surface area contributed by atoms with Gasteiger partial charge in [0.15, 0.2) is 0 Å². The number of carbonyl (C=O) groups is 3. The number of rotatable bonds is 10. The first-order valence-electron chi connectivity index (χ1n) is 10.3. The first-order valence-corrected chi connectivity index (χ1v) is 10.3. The fourth-order valence-corrected chi connectivity index (χ4v) is 4.11. The van der Waals surface area contributed by atoms with Gasteiger partial charge >= 0.3 is 5.97 Å². The highest BCUT2D eigenvalue weighted by molar-refractivity contribution is 5.94. The molecule has 0 saturated heterocycles. The average Bonchev–Trinajstić information content (AvgIpc) is 3.13. The van der Waals surface area contributed by atoms with Crippen LogP contribution >= 0.6 is 0 Å². The topological polar surface area (TPSA) is 95.9 Å². The standard InChI is InChI=1S/C21H34N2O5/c1-5-7-8-9-10-23(4)19(26)17-12-15(24)11-16(17)18(25)22-21(13-14(21)3)20(27)28-6-2/h5,14-17,24H,1,6-13H2,2-4H3,(H,22,25)/t14-,15+,16-,17-,21-/m1/s1. The molecule has 0 radical (unpaired) electrons. The Kier molecular flexibility index (Phi) is 7.63. The van der Waals surface area contributed by atoms with E-state index in [9.17, 15) is 19.5 Å². The highest BCUT2D eigenvalue weighted by Gasteiger charge is 2.61. The number of aliphatic hydroxyl groups excluding tert-OH is 1. The number of nitrogens with zero attached hydrogens (tertiary/aromatic N) is 1. The number of unbranched alkanes of at least 4 members (excludes halogenated alkanes) is 2. The largest absolute Gasteiger partial charge is 0.464 e. The molecule has 2 rings (SSSR count). The second-order valence-corrected chi connectivity index (χ2v) is 8.17. The van der Waals surface area contributed by atoms with Crippen LogP contribution in [0.4, 0.5) is 0 Å². The molecule has 0 unspecified atom stereocenters. The summed E-state index contributed by atoms with van der Waals surface area (Å²) in [4.78, 5) is 39.7. The Hall–Kier alpha value is -1.89. The number of amides is 2. The van der Waals surface area contributed by atoms with E-state index in [0.717, 1.165) is 19.3 Å². The van der Waals surface area contributed by atoms with Crippen LogP contribution in [-0.2, 0) is 19.1 Å². The van der Waals surface area contributed by atoms with E-state index >= 15 is 0 Å². The zero-order chi connectivity index (χ0) is 20.9. The maximum Gasteiger partial charge on any atom is 0.332 e. The number of carbonyl (C=O) groups excluding carboxylic acids is 3. The number of ether oxygens (including phenoxy) is 1. The molecule has 0 bridgehead atoms. The molecule has 5 atom stereocenters. The summed E-state index contributed by atoms with van der Waals surface area (Å²) >= 11 is 0. The Balaban J connectivity index is 2.00. The molecule has 0 spiro atoms. The molecule has 7 nitrogen and oxygen atoms in total. The summed E-state index contributed by atoms with van der Waals surface area (Å²) < 4.78 is 5.12. The third-order valence-electron chi connectivity index (χ3n) is 6.01. The summed E-state index contributed by atoms with van der Waals surface area (Å²) in [6.07, 6.45) is 4.94. The summed E-state index contributed by atoms with van der Waals surface area (Å²) in [7, 11) is 1.74. The van der Waals surface area contributed by atoms with Crippen LogP contribution in [0.5, 0.6) is 0 Å². The predicted molar refractivity (Wildman–Crippen MR) is 105 cm³/mol. The second-order valence-electron chi connectivity index (χ2n) is 8.17. The van der Waals surface area contributed by atoms with Crippen LogP contribution in [0, 0.1) is 17.8 Å². The summed E-state index contributed by atoms with van der Waals surface area (Å²) in [5.74, 6) is -2.07. The first-order chi connectivity index (χ1) is 13.3. The first kappa shape index (κ1) is 22.4. The van der Waals surface area contributed by atoms with E-state index in [0.29, 0.717) is 13.0 Å². The van der Waals surface area contributed by atoms with Crippen molar-refractivity contribution in [3.8, 4) is 0 Å². The van der Waals surface area contributed by atoms with E-state index < -0.39 is 29.4 Å². The second kappa shape index (κ2) is 9.54. The van der Waals surface area contributed by atoms with Crippen LogP contribution < -0.4 is 5.32 Å². The van der Waals surface area contributed by atoms with Crippen molar-refractivity contribution in [2.45, 2.75) is 64.0 Å². The summed E-state index contributed by atoms with van der Waals surface area (Å²) in [6, 6.07) is 0. The van der Waals surface area contributed by atoms with Crippen molar-refractivity contribution in [1.82, 2.24) is 10.2 Å². The molecule has 2 aliphatic carbocycles. The maximum absolute atomic E-state index is 12.9. The van der Waals surface area contributed by atoms with Gasteiger partial charge < -0.3 is 20.1 Å². The summed E-state index contributed by atoms with van der Waals surface area (Å²) in [5, 5.41) is 12.9. The molecule has 158 valence electrons. The molecular formula is C21H34N2O5. The van der Waals surface area contributed by atoms with Gasteiger partial charge in [-0.15, -0.1) is 6.58 Å². The van der Waals surface area contributed by atoms with Crippen LogP contribution in [0.3, 0.4) is 0 Å². The third kappa shape index (κ3) is 4.93. The van der Waals surface area contributed by atoms with Gasteiger partial charge in [0.05, 0.1) is 24.5 Å². The lowest BCUT2D eigenvalue weighted by Gasteiger charge is -2.26. The van der Waals surface area contributed by atoms with E-state index in [4.69, 9.17) is 4.74 Å². The Morgan fingerprint density at radius 2 is 1.93 bits per heavy atom. The SMILES string of the molecule is C=CCCCCN(C)C(=O)[C@@H]1C[C@@H](O)C[C@H]1C(=O)N[C@]1(C(=O)OCC)C[C@H]1C. The smallest absolute Gasteiger partial charge is 0.332 e. The minimum atomic E-state index is -0.981. The van der Waals surface area contributed by atoms with Gasteiger partial charge in [-0.3, -0.25) is 9.59 Å². The fraction of sp³-hybridized carbons (Fsp3) is 0.762. The van der Waals surface area contributed by atoms with Gasteiger partial charge in [-0.2, -0.15) is 0 Å². The molecule has 0 aliphatic heterocycles. The zero-order valence-corrected chi connectivity index (χ0v) is 17.3. The lowest BCUT2D eigenvalue weighted by atomic mass is 9.93. The van der Waals surface area contributed by atoms with E-state index in [2.05, 4.69) is 11.9 Å². The van der Waals surface area contributed by atoms with Gasteiger partial charge in [-0.25, -0.2) is 4.79 Å². The Morgan fingerprint density at radius 3 is 2.50 bits per heavy atom. The molecule has 0 aromatic carbocycles. The van der Waals surface area contributed by atoms with Crippen LogP contribution in [0.15, 0.2) is 12.7 Å². The van der Waals surface area contributed by atoms with E-state index in [-0.39, 0.29) is 37.2 Å². The molecular weight excluding hydrogens is 360 g/mol. The van der Waals surface area contributed by atoms with Gasteiger partial charge in [-0.05, 0) is 51.4 Å². The van der Waals surface area contributed by atoms with Crippen LogP contribution in [-0.4, -0.2) is 59.6 Å². The summed E-state index contributed by atoms with van der Waals surface area (Å²) in [6.45, 7) is 8.17. The number of esters is 1. The molecule has 0 heterocycles. The minimum Gasteiger partial charge on any atom is -0.464 e. The molecule has 2 amide bonds. The van der Waals surface area contributed by atoms with Crippen molar-refractivity contribution in [3.05, 3.63) is 12.7 Å². The fourth-order valence-electron chi connectivity index (χ4n) is 4.11. The minimum absolute atomic E-state index is 0.00325. The van der Waals surface area contributed by atoms with Crippen molar-refractivity contribution in [3.63, 3.8) is 0 Å². The molecule has 7 heteroatoms. The molecule has 0 aromatic rings. The van der Waals surface area contributed by atoms with E-state index in [1.165, 1.54) is 0 Å². The van der Waals surface area contributed by atoms with Gasteiger partial charge in [0.25, 0.3) is 0 Å². The average molecular weight is 395 g/mol. The summed E-state index contributed by atoms with van der Waals surface area (Å²) in [5.41, 5.74) is -0.981. The Morgan fingerprint density at radius 1 is 1.29 bits per heavy atom. The van der Waals surface area contributed by atoms with Gasteiger partial charge in [-0.1, -0.05) is 13.0 Å². The van der Waals surface area contributed by atoms with Crippen molar-refractivity contribution in [2.24, 2.45) is 17.8 Å². The third-order valence-corrected chi connectivity index (χ3v) is 6.01. The van der Waals surface area contributed by atoms with E-state index in [1.807, 2.05) is 13.0 Å². The molecule has 2 fully saturated rings. The van der Waals surface area contributed by atoms with Crippen LogP contribution in [0.25, 0.3) is 0 Å². The number of hydrogen-bond acceptors (Lipinski definition) is 5. The highest BCUT2D eigenvalue weighted by Crippen LogP contribution is 2.45. The molecule has 28 heavy (non-hydrogen) atoms. The normalized spacial score (nSPS) is 31.1. The number of aliphatic hydroxyl groups is 1. The highest BCUT2D eigenvalue weighted by atomic mass is 16.5. The van der Waals surface area contributed by atoms with Gasteiger partial charge in [0, 0.05) is 13.6 Å². The van der Waals surface area contributed by atoms with Gasteiger partial charge in [0.2, 0.25) is 11.8 Å². The van der Waals surface area contributed by atoms with Crippen molar-refractivity contribution in [1.29, 1.82) is 0 Å².